The molecule has 0 aliphatic carbocycles. The van der Waals surface area contributed by atoms with Crippen molar-refractivity contribution in [2.75, 3.05) is 33.8 Å². The molecule has 1 heterocycles. The molecule has 0 bridgehead atoms. The van der Waals surface area contributed by atoms with Gasteiger partial charge in [0, 0.05) is 12.1 Å². The second kappa shape index (κ2) is 10.8. The Balaban J connectivity index is 2.10. The lowest BCUT2D eigenvalue weighted by atomic mass is 9.85. The van der Waals surface area contributed by atoms with Gasteiger partial charge >= 0.3 is 0 Å². The third kappa shape index (κ3) is 5.88. The van der Waals surface area contributed by atoms with Crippen LogP contribution in [0.4, 0.5) is 0 Å². The molecule has 1 atom stereocenters. The zero-order valence-electron chi connectivity index (χ0n) is 21.4. The van der Waals surface area contributed by atoms with Crippen LogP contribution in [-0.2, 0) is 15.0 Å². The second-order valence-electron chi connectivity index (χ2n) is 10.1. The monoisotopic (exact) mass is 498 g/mol. The van der Waals surface area contributed by atoms with Gasteiger partial charge in [0.15, 0.2) is 0 Å². The number of aliphatic hydroxyl groups is 1. The smallest absolute Gasteiger partial charge is 0.295 e. The Morgan fingerprint density at radius 3 is 2.31 bits per heavy atom. The summed E-state index contributed by atoms with van der Waals surface area (Å²) < 4.78 is 5.48. The Labute approximate surface area is 213 Å². The predicted molar refractivity (Wildman–Crippen MR) is 140 cm³/mol. The molecule has 0 unspecified atom stereocenters. The summed E-state index contributed by atoms with van der Waals surface area (Å²) in [5.41, 5.74) is 2.32. The molecule has 1 saturated heterocycles. The summed E-state index contributed by atoms with van der Waals surface area (Å²) >= 11 is 6.34. The average molecular weight is 499 g/mol. The van der Waals surface area contributed by atoms with E-state index < -0.39 is 17.7 Å². The van der Waals surface area contributed by atoms with Crippen LogP contribution in [0.1, 0.15) is 56.8 Å². The van der Waals surface area contributed by atoms with E-state index in [0.29, 0.717) is 35.9 Å². The van der Waals surface area contributed by atoms with Crippen LogP contribution < -0.4 is 4.74 Å². The Morgan fingerprint density at radius 1 is 1.11 bits per heavy atom. The molecule has 1 fully saturated rings. The number of likely N-dealkylation sites (tertiary alicyclic amines) is 1. The van der Waals surface area contributed by atoms with Crippen molar-refractivity contribution in [3.8, 4) is 5.75 Å². The first-order chi connectivity index (χ1) is 16.5. The number of rotatable bonds is 8. The minimum atomic E-state index is -0.692. The van der Waals surface area contributed by atoms with Gasteiger partial charge in [-0.1, -0.05) is 56.6 Å². The molecule has 2 aromatic rings. The molecular formula is C28H35ClN2O4. The van der Waals surface area contributed by atoms with Gasteiger partial charge in [0.2, 0.25) is 0 Å². The number of amides is 1. The van der Waals surface area contributed by atoms with E-state index >= 15 is 0 Å². The first-order valence-electron chi connectivity index (χ1n) is 11.9. The number of hydrogen-bond donors (Lipinski definition) is 1. The molecule has 1 aliphatic heterocycles. The molecule has 0 saturated carbocycles. The molecule has 1 aliphatic rings. The third-order valence-electron chi connectivity index (χ3n) is 6.14. The van der Waals surface area contributed by atoms with Gasteiger partial charge in [0.25, 0.3) is 11.7 Å². The molecule has 0 spiro atoms. The van der Waals surface area contributed by atoms with E-state index in [2.05, 4.69) is 20.8 Å². The SMILES string of the molecule is CCOc1ccc(/C(O)=C2\C(=O)C(=O)N(CCCN(C)C)[C@@H]2c2ccc(C(C)(C)C)cc2)cc1Cl. The van der Waals surface area contributed by atoms with Gasteiger partial charge in [-0.25, -0.2) is 0 Å². The number of ether oxygens (including phenoxy) is 1. The van der Waals surface area contributed by atoms with Crippen LogP contribution in [0, 0.1) is 0 Å². The summed E-state index contributed by atoms with van der Waals surface area (Å²) in [6.07, 6.45) is 0.700. The van der Waals surface area contributed by atoms with Crippen molar-refractivity contribution in [1.82, 2.24) is 9.80 Å². The van der Waals surface area contributed by atoms with E-state index in [0.717, 1.165) is 17.7 Å². The quantitative estimate of drug-likeness (QED) is 0.299. The summed E-state index contributed by atoms with van der Waals surface area (Å²) in [5.74, 6) is -1.05. The number of nitrogens with zero attached hydrogens (tertiary/aromatic N) is 2. The standard InChI is InChI=1S/C28H35ClN2O4/c1-7-35-22-14-11-19(17-21(22)29)25(32)23-24(18-9-12-20(13-10-18)28(2,3)4)31(27(34)26(23)33)16-8-15-30(5)6/h9-14,17,24,32H,7-8,15-16H2,1-6H3/b25-23+/t24-/m1/s1. The largest absolute Gasteiger partial charge is 0.507 e. The summed E-state index contributed by atoms with van der Waals surface area (Å²) in [6.45, 7) is 9.87. The van der Waals surface area contributed by atoms with Crippen molar-refractivity contribution in [3.05, 3.63) is 69.8 Å². The zero-order valence-corrected chi connectivity index (χ0v) is 22.1. The minimum Gasteiger partial charge on any atom is -0.507 e. The highest BCUT2D eigenvalue weighted by molar-refractivity contribution is 6.46. The average Bonchev–Trinajstić information content (AvgIpc) is 3.04. The number of ketones is 1. The molecule has 1 N–H and O–H groups in total. The number of benzene rings is 2. The van der Waals surface area contributed by atoms with Crippen LogP contribution in [0.2, 0.25) is 5.02 Å². The van der Waals surface area contributed by atoms with Gasteiger partial charge in [-0.15, -0.1) is 0 Å². The van der Waals surface area contributed by atoms with Crippen molar-refractivity contribution in [2.45, 2.75) is 45.6 Å². The summed E-state index contributed by atoms with van der Waals surface area (Å²) in [5, 5.41) is 11.6. The summed E-state index contributed by atoms with van der Waals surface area (Å²) in [7, 11) is 3.93. The van der Waals surface area contributed by atoms with Crippen LogP contribution in [0.5, 0.6) is 5.75 Å². The lowest BCUT2D eigenvalue weighted by Gasteiger charge is -2.27. The molecule has 1 amide bonds. The van der Waals surface area contributed by atoms with Crippen molar-refractivity contribution < 1.29 is 19.4 Å². The van der Waals surface area contributed by atoms with Crippen LogP contribution in [0.3, 0.4) is 0 Å². The highest BCUT2D eigenvalue weighted by atomic mass is 35.5. The van der Waals surface area contributed by atoms with E-state index in [1.54, 1.807) is 23.1 Å². The van der Waals surface area contributed by atoms with Crippen molar-refractivity contribution in [3.63, 3.8) is 0 Å². The van der Waals surface area contributed by atoms with Gasteiger partial charge < -0.3 is 19.6 Å². The second-order valence-corrected chi connectivity index (χ2v) is 10.5. The van der Waals surface area contributed by atoms with Gasteiger partial charge in [-0.2, -0.15) is 0 Å². The van der Waals surface area contributed by atoms with E-state index in [4.69, 9.17) is 16.3 Å². The highest BCUT2D eigenvalue weighted by Crippen LogP contribution is 2.41. The highest BCUT2D eigenvalue weighted by Gasteiger charge is 2.45. The normalized spacial score (nSPS) is 17.9. The molecule has 188 valence electrons. The Morgan fingerprint density at radius 2 is 1.77 bits per heavy atom. The number of halogens is 1. The fourth-order valence-electron chi connectivity index (χ4n) is 4.26. The maximum Gasteiger partial charge on any atom is 0.295 e. The summed E-state index contributed by atoms with van der Waals surface area (Å²) in [6, 6.07) is 12.1. The minimum absolute atomic E-state index is 0.0366. The topological polar surface area (TPSA) is 70.1 Å². The number of aliphatic hydroxyl groups excluding tert-OH is 1. The molecule has 6 nitrogen and oxygen atoms in total. The van der Waals surface area contributed by atoms with Crippen molar-refractivity contribution in [2.24, 2.45) is 0 Å². The van der Waals surface area contributed by atoms with E-state index in [1.807, 2.05) is 50.2 Å². The molecule has 0 aromatic heterocycles. The van der Waals surface area contributed by atoms with Gasteiger partial charge in [0.1, 0.15) is 11.5 Å². The zero-order chi connectivity index (χ0) is 25.9. The van der Waals surface area contributed by atoms with Crippen LogP contribution in [0.15, 0.2) is 48.0 Å². The van der Waals surface area contributed by atoms with Gasteiger partial charge in [0.05, 0.1) is 23.2 Å². The Bertz CT molecular complexity index is 1120. The fourth-order valence-corrected chi connectivity index (χ4v) is 4.49. The van der Waals surface area contributed by atoms with Crippen molar-refractivity contribution >= 4 is 29.1 Å². The van der Waals surface area contributed by atoms with Crippen LogP contribution in [0.25, 0.3) is 5.76 Å². The number of Topliss-reactive ketones (excluding diaryl/α,β-unsaturated/α-hetero) is 1. The number of hydrogen-bond acceptors (Lipinski definition) is 5. The summed E-state index contributed by atoms with van der Waals surface area (Å²) in [4.78, 5) is 29.9. The van der Waals surface area contributed by atoms with Crippen LogP contribution in [-0.4, -0.2) is 60.4 Å². The molecule has 2 aromatic carbocycles. The van der Waals surface area contributed by atoms with E-state index in [9.17, 15) is 14.7 Å². The number of carbonyl (C=O) groups excluding carboxylic acids is 2. The lowest BCUT2D eigenvalue weighted by molar-refractivity contribution is -0.139. The molecule has 3 rings (SSSR count). The molecular weight excluding hydrogens is 464 g/mol. The molecule has 0 radical (unpaired) electrons. The Kier molecular flexibility index (Phi) is 8.29. The third-order valence-corrected chi connectivity index (χ3v) is 6.44. The van der Waals surface area contributed by atoms with Crippen LogP contribution >= 0.6 is 11.6 Å². The molecule has 35 heavy (non-hydrogen) atoms. The van der Waals surface area contributed by atoms with Gasteiger partial charge in [-0.3, -0.25) is 9.59 Å². The predicted octanol–water partition coefficient (Wildman–Crippen LogP) is 5.41. The maximum absolute atomic E-state index is 13.2. The Hall–Kier alpha value is -2.83. The first kappa shape index (κ1) is 26.8. The molecule has 7 heteroatoms. The fraction of sp³-hybridized carbons (Fsp3) is 0.429. The first-order valence-corrected chi connectivity index (χ1v) is 12.3. The van der Waals surface area contributed by atoms with Gasteiger partial charge in [-0.05, 0) is 68.7 Å². The number of carbonyl (C=O) groups is 2. The lowest BCUT2D eigenvalue weighted by Crippen LogP contribution is -2.32. The van der Waals surface area contributed by atoms with E-state index in [1.165, 1.54) is 0 Å². The van der Waals surface area contributed by atoms with E-state index in [-0.39, 0.29) is 16.7 Å². The van der Waals surface area contributed by atoms with Crippen molar-refractivity contribution in [1.29, 1.82) is 0 Å². The maximum atomic E-state index is 13.2.